The van der Waals surface area contributed by atoms with Gasteiger partial charge in [-0.15, -0.1) is 0 Å². The Morgan fingerprint density at radius 3 is 2.92 bits per heavy atom. The van der Waals surface area contributed by atoms with E-state index < -0.39 is 7.12 Å². The fourth-order valence-corrected chi connectivity index (χ4v) is 3.94. The quantitative estimate of drug-likeness (QED) is 0.739. The maximum absolute atomic E-state index is 12.4. The van der Waals surface area contributed by atoms with Crippen LogP contribution in [0, 0.1) is 11.8 Å². The summed E-state index contributed by atoms with van der Waals surface area (Å²) in [6.45, 7) is 3.23. The van der Waals surface area contributed by atoms with Gasteiger partial charge in [0.05, 0.1) is 19.2 Å². The number of nitrogens with zero attached hydrogens (tertiary/aromatic N) is 1. The molecule has 4 rings (SSSR count). The van der Waals surface area contributed by atoms with E-state index in [1.165, 1.54) is 0 Å². The Kier molecular flexibility index (Phi) is 4.65. The molecule has 3 fully saturated rings. The van der Waals surface area contributed by atoms with Gasteiger partial charge < -0.3 is 24.6 Å². The lowest BCUT2D eigenvalue weighted by Crippen LogP contribution is -2.57. The Bertz CT molecular complexity index is 541. The van der Waals surface area contributed by atoms with E-state index in [1.807, 2.05) is 17.1 Å². The standard InChI is InChI=1S/C17H25BN2O4/c21-17(13-4-7-19-8-5-13)20-10-15(11-20)23-14-2-1-12-3-6-18(22)24-16(12)9-14/h1-2,9,12-13,15-16,19,22H,3-8,10-11H2. The minimum absolute atomic E-state index is 0.0663. The molecule has 2 N–H and O–H groups in total. The van der Waals surface area contributed by atoms with Gasteiger partial charge in [0.25, 0.3) is 0 Å². The van der Waals surface area contributed by atoms with Gasteiger partial charge in [0, 0.05) is 11.8 Å². The molecule has 24 heavy (non-hydrogen) atoms. The Labute approximate surface area is 143 Å². The number of amides is 1. The second-order valence-electron chi connectivity index (χ2n) is 7.23. The average Bonchev–Trinajstić information content (AvgIpc) is 2.57. The summed E-state index contributed by atoms with van der Waals surface area (Å²) < 4.78 is 11.6. The number of carbonyl (C=O) groups excluding carboxylic acids is 1. The largest absolute Gasteiger partial charge is 0.487 e. The predicted molar refractivity (Wildman–Crippen MR) is 90.0 cm³/mol. The molecule has 3 heterocycles. The molecule has 0 saturated carbocycles. The molecule has 0 aromatic heterocycles. The van der Waals surface area contributed by atoms with E-state index in [1.54, 1.807) is 0 Å². The molecule has 1 amide bonds. The van der Waals surface area contributed by atoms with Gasteiger partial charge in [-0.05, 0) is 50.8 Å². The normalized spacial score (nSPS) is 31.3. The zero-order valence-electron chi connectivity index (χ0n) is 13.9. The highest BCUT2D eigenvalue weighted by molar-refractivity contribution is 6.43. The van der Waals surface area contributed by atoms with Crippen LogP contribution in [0.25, 0.3) is 0 Å². The molecule has 2 unspecified atom stereocenters. The summed E-state index contributed by atoms with van der Waals surface area (Å²) in [4.78, 5) is 14.3. The monoisotopic (exact) mass is 332 g/mol. The maximum atomic E-state index is 12.4. The van der Waals surface area contributed by atoms with Gasteiger partial charge >= 0.3 is 7.12 Å². The van der Waals surface area contributed by atoms with E-state index in [-0.39, 0.29) is 24.0 Å². The fourth-order valence-electron chi connectivity index (χ4n) is 3.94. The molecule has 2 atom stereocenters. The Morgan fingerprint density at radius 1 is 1.33 bits per heavy atom. The number of nitrogens with one attached hydrogen (secondary N) is 1. The molecule has 4 aliphatic rings. The highest BCUT2D eigenvalue weighted by Gasteiger charge is 2.37. The van der Waals surface area contributed by atoms with Crippen LogP contribution in [0.4, 0.5) is 0 Å². The number of carbonyl (C=O) groups is 1. The highest BCUT2D eigenvalue weighted by atomic mass is 16.5. The van der Waals surface area contributed by atoms with Gasteiger partial charge in [0.2, 0.25) is 5.91 Å². The summed E-state index contributed by atoms with van der Waals surface area (Å²) in [5.41, 5.74) is 0. The first-order valence-electron chi connectivity index (χ1n) is 9.09. The predicted octanol–water partition coefficient (Wildman–Crippen LogP) is 0.553. The molecule has 3 saturated heterocycles. The van der Waals surface area contributed by atoms with Crippen LogP contribution in [-0.2, 0) is 14.2 Å². The van der Waals surface area contributed by atoms with Crippen LogP contribution in [0.2, 0.25) is 6.32 Å². The number of piperidine rings is 1. The van der Waals surface area contributed by atoms with Crippen LogP contribution < -0.4 is 5.32 Å². The smallest absolute Gasteiger partial charge is 0.454 e. The van der Waals surface area contributed by atoms with Crippen molar-refractivity contribution in [3.63, 3.8) is 0 Å². The molecule has 7 heteroatoms. The van der Waals surface area contributed by atoms with Gasteiger partial charge in [-0.2, -0.15) is 0 Å². The lowest BCUT2D eigenvalue weighted by molar-refractivity contribution is -0.147. The SMILES string of the molecule is O=C(C1CCNCC1)N1CC(OC2=CC3OB(O)CCC3C=C2)C1. The Morgan fingerprint density at radius 2 is 2.12 bits per heavy atom. The molecule has 1 aliphatic carbocycles. The summed E-state index contributed by atoms with van der Waals surface area (Å²) in [5, 5.41) is 12.9. The third-order valence-corrected chi connectivity index (χ3v) is 5.47. The topological polar surface area (TPSA) is 71.0 Å². The van der Waals surface area contributed by atoms with E-state index in [2.05, 4.69) is 11.4 Å². The summed E-state index contributed by atoms with van der Waals surface area (Å²) in [7, 11) is -0.669. The summed E-state index contributed by atoms with van der Waals surface area (Å²) >= 11 is 0. The Balaban J connectivity index is 1.26. The second-order valence-corrected chi connectivity index (χ2v) is 7.23. The van der Waals surface area contributed by atoms with Crippen molar-refractivity contribution in [1.29, 1.82) is 0 Å². The van der Waals surface area contributed by atoms with Crippen LogP contribution in [0.15, 0.2) is 24.0 Å². The average molecular weight is 332 g/mol. The number of allylic oxidation sites excluding steroid dienone is 1. The molecular weight excluding hydrogens is 307 g/mol. The molecule has 0 aromatic rings. The number of hydrogen-bond donors (Lipinski definition) is 2. The van der Waals surface area contributed by atoms with Gasteiger partial charge in [0.1, 0.15) is 11.9 Å². The van der Waals surface area contributed by atoms with Crippen molar-refractivity contribution >= 4 is 13.0 Å². The summed E-state index contributed by atoms with van der Waals surface area (Å²) in [6, 6.07) is 0. The van der Waals surface area contributed by atoms with Gasteiger partial charge in [0.15, 0.2) is 0 Å². The molecule has 3 aliphatic heterocycles. The zero-order valence-corrected chi connectivity index (χ0v) is 13.9. The molecule has 0 aromatic carbocycles. The van der Waals surface area contributed by atoms with Gasteiger partial charge in [-0.25, -0.2) is 0 Å². The van der Waals surface area contributed by atoms with Gasteiger partial charge in [-0.1, -0.05) is 6.08 Å². The van der Waals surface area contributed by atoms with Crippen LogP contribution in [0.3, 0.4) is 0 Å². The summed E-state index contributed by atoms with van der Waals surface area (Å²) in [5.74, 6) is 1.59. The van der Waals surface area contributed by atoms with Crippen molar-refractivity contribution in [2.24, 2.45) is 11.8 Å². The van der Waals surface area contributed by atoms with Crippen LogP contribution >= 0.6 is 0 Å². The lowest BCUT2D eigenvalue weighted by atomic mass is 9.73. The summed E-state index contributed by atoms with van der Waals surface area (Å²) in [6.07, 6.45) is 9.55. The number of fused-ring (bicyclic) bond motifs is 1. The lowest BCUT2D eigenvalue weighted by Gasteiger charge is -2.42. The van der Waals surface area contributed by atoms with E-state index in [0.29, 0.717) is 25.3 Å². The second kappa shape index (κ2) is 6.90. The zero-order chi connectivity index (χ0) is 16.5. The van der Waals surface area contributed by atoms with E-state index in [0.717, 1.165) is 38.1 Å². The van der Waals surface area contributed by atoms with Crippen molar-refractivity contribution in [2.45, 2.75) is 37.8 Å². The minimum atomic E-state index is -0.669. The molecule has 6 nitrogen and oxygen atoms in total. The van der Waals surface area contributed by atoms with Crippen molar-refractivity contribution in [1.82, 2.24) is 10.2 Å². The molecule has 0 spiro atoms. The first-order chi connectivity index (χ1) is 11.7. The third-order valence-electron chi connectivity index (χ3n) is 5.47. The van der Waals surface area contributed by atoms with Crippen LogP contribution in [0.5, 0.6) is 0 Å². The maximum Gasteiger partial charge on any atom is 0.454 e. The van der Waals surface area contributed by atoms with Crippen LogP contribution in [0.1, 0.15) is 19.3 Å². The van der Waals surface area contributed by atoms with E-state index >= 15 is 0 Å². The Hall–Kier alpha value is -1.31. The highest BCUT2D eigenvalue weighted by Crippen LogP contribution is 2.31. The van der Waals surface area contributed by atoms with Crippen molar-refractivity contribution in [2.75, 3.05) is 26.2 Å². The van der Waals surface area contributed by atoms with E-state index in [9.17, 15) is 9.82 Å². The van der Waals surface area contributed by atoms with Gasteiger partial charge in [-0.3, -0.25) is 4.79 Å². The number of hydrogen-bond acceptors (Lipinski definition) is 5. The molecule has 0 radical (unpaired) electrons. The number of likely N-dealkylation sites (tertiary alicyclic amines) is 1. The molecule has 130 valence electrons. The number of ether oxygens (including phenoxy) is 1. The molecule has 0 bridgehead atoms. The molecular formula is C17H25BN2O4. The van der Waals surface area contributed by atoms with Crippen molar-refractivity contribution < 1.29 is 19.2 Å². The van der Waals surface area contributed by atoms with Crippen LogP contribution in [-0.4, -0.2) is 61.3 Å². The third kappa shape index (κ3) is 3.39. The number of rotatable bonds is 3. The van der Waals surface area contributed by atoms with Crippen molar-refractivity contribution in [3.05, 3.63) is 24.0 Å². The first-order valence-corrected chi connectivity index (χ1v) is 9.09. The minimum Gasteiger partial charge on any atom is -0.487 e. The van der Waals surface area contributed by atoms with Crippen molar-refractivity contribution in [3.8, 4) is 0 Å². The first kappa shape index (κ1) is 16.2. The van der Waals surface area contributed by atoms with E-state index in [4.69, 9.17) is 9.39 Å². The fraction of sp³-hybridized carbons (Fsp3) is 0.706.